The lowest BCUT2D eigenvalue weighted by Crippen LogP contribution is -2.51. The summed E-state index contributed by atoms with van der Waals surface area (Å²) in [6.07, 6.45) is -0.820. The number of hydrogen-bond donors (Lipinski definition) is 0. The SMILES string of the molecule is Cc1nc(-c2cccs2)sc1C(=O)OC(C)C(=O)N1CCN(Cc2ccccc2)CC1. The highest BCUT2D eigenvalue weighted by atomic mass is 32.1. The molecule has 0 N–H and O–H groups in total. The number of piperazine rings is 1. The third-order valence-electron chi connectivity index (χ3n) is 5.28. The zero-order valence-electron chi connectivity index (χ0n) is 17.6. The van der Waals surface area contributed by atoms with E-state index in [4.69, 9.17) is 4.74 Å². The molecule has 1 unspecified atom stereocenters. The highest BCUT2D eigenvalue weighted by molar-refractivity contribution is 7.22. The van der Waals surface area contributed by atoms with E-state index < -0.39 is 12.1 Å². The van der Waals surface area contributed by atoms with Gasteiger partial charge in [-0.05, 0) is 30.9 Å². The van der Waals surface area contributed by atoms with Crippen LogP contribution in [-0.4, -0.2) is 58.9 Å². The number of aryl methyl sites for hydroxylation is 1. The molecular formula is C23H25N3O3S2. The Labute approximate surface area is 190 Å². The molecule has 4 rings (SSSR count). The topological polar surface area (TPSA) is 62.7 Å². The van der Waals surface area contributed by atoms with Crippen molar-refractivity contribution < 1.29 is 14.3 Å². The zero-order valence-corrected chi connectivity index (χ0v) is 19.2. The minimum Gasteiger partial charge on any atom is -0.448 e. The first-order chi connectivity index (χ1) is 15.0. The Morgan fingerprint density at radius 1 is 1.10 bits per heavy atom. The molecule has 8 heteroatoms. The summed E-state index contributed by atoms with van der Waals surface area (Å²) in [6.45, 7) is 7.20. The van der Waals surface area contributed by atoms with Gasteiger partial charge in [0.2, 0.25) is 0 Å². The predicted octanol–water partition coefficient (Wildman–Crippen LogP) is 4.07. The van der Waals surface area contributed by atoms with E-state index in [9.17, 15) is 9.59 Å². The number of nitrogens with zero attached hydrogens (tertiary/aromatic N) is 3. The molecule has 0 bridgehead atoms. The third kappa shape index (κ3) is 5.20. The van der Waals surface area contributed by atoms with Crippen LogP contribution in [0.3, 0.4) is 0 Å². The van der Waals surface area contributed by atoms with Crippen LogP contribution in [0.25, 0.3) is 9.88 Å². The van der Waals surface area contributed by atoms with Crippen molar-refractivity contribution in [2.24, 2.45) is 0 Å². The number of ether oxygens (including phenoxy) is 1. The van der Waals surface area contributed by atoms with Gasteiger partial charge in [-0.1, -0.05) is 36.4 Å². The van der Waals surface area contributed by atoms with Gasteiger partial charge in [0, 0.05) is 32.7 Å². The average Bonchev–Trinajstić information content (AvgIpc) is 3.44. The molecule has 3 aromatic rings. The van der Waals surface area contributed by atoms with Crippen LogP contribution in [0.5, 0.6) is 0 Å². The van der Waals surface area contributed by atoms with Crippen LogP contribution in [0.2, 0.25) is 0 Å². The Morgan fingerprint density at radius 2 is 1.84 bits per heavy atom. The van der Waals surface area contributed by atoms with Gasteiger partial charge in [-0.25, -0.2) is 9.78 Å². The molecular weight excluding hydrogens is 430 g/mol. The summed E-state index contributed by atoms with van der Waals surface area (Å²) in [5.41, 5.74) is 1.90. The van der Waals surface area contributed by atoms with Crippen LogP contribution in [0.4, 0.5) is 0 Å². The van der Waals surface area contributed by atoms with Crippen molar-refractivity contribution in [3.05, 3.63) is 64.0 Å². The van der Waals surface area contributed by atoms with E-state index in [0.29, 0.717) is 23.7 Å². The van der Waals surface area contributed by atoms with Crippen molar-refractivity contribution >= 4 is 34.6 Å². The van der Waals surface area contributed by atoms with Crippen LogP contribution >= 0.6 is 22.7 Å². The summed E-state index contributed by atoms with van der Waals surface area (Å²) in [5.74, 6) is -0.630. The van der Waals surface area contributed by atoms with Crippen molar-refractivity contribution in [2.45, 2.75) is 26.5 Å². The fraction of sp³-hybridized carbons (Fsp3) is 0.348. The lowest BCUT2D eigenvalue weighted by molar-refractivity contribution is -0.141. The van der Waals surface area contributed by atoms with Gasteiger partial charge in [-0.2, -0.15) is 0 Å². The molecule has 1 aromatic carbocycles. The van der Waals surface area contributed by atoms with E-state index in [1.807, 2.05) is 35.7 Å². The Hall–Kier alpha value is -2.55. The van der Waals surface area contributed by atoms with Crippen LogP contribution in [0.15, 0.2) is 47.8 Å². The largest absolute Gasteiger partial charge is 0.448 e. The molecule has 1 aliphatic heterocycles. The van der Waals surface area contributed by atoms with Crippen LogP contribution in [0.1, 0.15) is 27.9 Å². The average molecular weight is 456 g/mol. The summed E-state index contributed by atoms with van der Waals surface area (Å²) < 4.78 is 5.52. The maximum absolute atomic E-state index is 12.8. The second-order valence-corrected chi connectivity index (χ2v) is 9.49. The maximum atomic E-state index is 12.8. The molecule has 0 spiro atoms. The van der Waals surface area contributed by atoms with Gasteiger partial charge in [0.15, 0.2) is 6.10 Å². The van der Waals surface area contributed by atoms with Gasteiger partial charge in [-0.15, -0.1) is 22.7 Å². The molecule has 162 valence electrons. The standard InChI is InChI=1S/C23H25N3O3S2/c1-16-20(31-21(24-16)19-9-6-14-30-19)23(28)29-17(2)22(27)26-12-10-25(11-13-26)15-18-7-4-3-5-8-18/h3-9,14,17H,10-13,15H2,1-2H3. The summed E-state index contributed by atoms with van der Waals surface area (Å²) in [4.78, 5) is 35.6. The molecule has 2 aromatic heterocycles. The predicted molar refractivity (Wildman–Crippen MR) is 123 cm³/mol. The quantitative estimate of drug-likeness (QED) is 0.525. The Bertz CT molecular complexity index is 1030. The van der Waals surface area contributed by atoms with Crippen molar-refractivity contribution in [3.8, 4) is 9.88 Å². The van der Waals surface area contributed by atoms with Crippen molar-refractivity contribution in [1.82, 2.24) is 14.8 Å². The molecule has 1 aliphatic rings. The smallest absolute Gasteiger partial charge is 0.351 e. The van der Waals surface area contributed by atoms with Gasteiger partial charge in [0.05, 0.1) is 10.6 Å². The zero-order chi connectivity index (χ0) is 21.8. The summed E-state index contributed by atoms with van der Waals surface area (Å²) >= 11 is 2.89. The van der Waals surface area contributed by atoms with Crippen molar-refractivity contribution in [3.63, 3.8) is 0 Å². The van der Waals surface area contributed by atoms with Crippen molar-refractivity contribution in [1.29, 1.82) is 0 Å². The number of amides is 1. The van der Waals surface area contributed by atoms with Crippen LogP contribution < -0.4 is 0 Å². The molecule has 1 amide bonds. The number of thiophene rings is 1. The van der Waals surface area contributed by atoms with Gasteiger partial charge in [0.25, 0.3) is 5.91 Å². The number of aromatic nitrogens is 1. The molecule has 6 nitrogen and oxygen atoms in total. The summed E-state index contributed by atoms with van der Waals surface area (Å²) in [6, 6.07) is 14.3. The minimum atomic E-state index is -0.820. The lowest BCUT2D eigenvalue weighted by atomic mass is 10.2. The highest BCUT2D eigenvalue weighted by Gasteiger charge is 2.29. The molecule has 3 heterocycles. The van der Waals surface area contributed by atoms with Crippen LogP contribution in [0, 0.1) is 6.92 Å². The number of carbonyl (C=O) groups is 2. The minimum absolute atomic E-state index is 0.145. The maximum Gasteiger partial charge on any atom is 0.351 e. The van der Waals surface area contributed by atoms with E-state index in [2.05, 4.69) is 22.0 Å². The second-order valence-electron chi connectivity index (χ2n) is 7.55. The lowest BCUT2D eigenvalue weighted by Gasteiger charge is -2.35. The van der Waals surface area contributed by atoms with E-state index in [-0.39, 0.29) is 5.91 Å². The molecule has 0 aliphatic carbocycles. The Kier molecular flexibility index (Phi) is 6.80. The van der Waals surface area contributed by atoms with Crippen LogP contribution in [-0.2, 0) is 16.1 Å². The number of esters is 1. The molecule has 31 heavy (non-hydrogen) atoms. The second kappa shape index (κ2) is 9.72. The fourth-order valence-electron chi connectivity index (χ4n) is 3.58. The van der Waals surface area contributed by atoms with Gasteiger partial charge < -0.3 is 9.64 Å². The molecule has 0 saturated carbocycles. The Morgan fingerprint density at radius 3 is 2.52 bits per heavy atom. The van der Waals surface area contributed by atoms with E-state index in [1.54, 1.807) is 30.1 Å². The first-order valence-corrected chi connectivity index (χ1v) is 12.0. The molecule has 0 radical (unpaired) electrons. The summed E-state index contributed by atoms with van der Waals surface area (Å²) in [5, 5.41) is 2.78. The molecule has 1 atom stereocenters. The first kappa shape index (κ1) is 21.7. The van der Waals surface area contributed by atoms with E-state index >= 15 is 0 Å². The van der Waals surface area contributed by atoms with Crippen molar-refractivity contribution in [2.75, 3.05) is 26.2 Å². The Balaban J connectivity index is 1.30. The number of thiazole rings is 1. The van der Waals surface area contributed by atoms with Gasteiger partial charge in [-0.3, -0.25) is 9.69 Å². The first-order valence-electron chi connectivity index (χ1n) is 10.3. The number of benzene rings is 1. The highest BCUT2D eigenvalue weighted by Crippen LogP contribution is 2.31. The van der Waals surface area contributed by atoms with E-state index in [0.717, 1.165) is 29.5 Å². The number of rotatable bonds is 6. The van der Waals surface area contributed by atoms with E-state index in [1.165, 1.54) is 16.9 Å². The molecule has 1 saturated heterocycles. The number of hydrogen-bond acceptors (Lipinski definition) is 7. The monoisotopic (exact) mass is 455 g/mol. The fourth-order valence-corrected chi connectivity index (χ4v) is 5.33. The van der Waals surface area contributed by atoms with Gasteiger partial charge >= 0.3 is 5.97 Å². The summed E-state index contributed by atoms with van der Waals surface area (Å²) in [7, 11) is 0. The third-order valence-corrected chi connectivity index (χ3v) is 7.46. The normalized spacial score (nSPS) is 15.6. The number of carbonyl (C=O) groups excluding carboxylic acids is 2. The molecule has 1 fully saturated rings. The van der Waals surface area contributed by atoms with Gasteiger partial charge in [0.1, 0.15) is 9.88 Å².